The Bertz CT molecular complexity index is 1170. The highest BCUT2D eigenvalue weighted by atomic mass is 35.5. The highest BCUT2D eigenvalue weighted by Crippen LogP contribution is 2.27. The van der Waals surface area contributed by atoms with E-state index >= 15 is 0 Å². The van der Waals surface area contributed by atoms with Gasteiger partial charge in [0.05, 0.1) is 16.8 Å². The molecule has 1 aromatic heterocycles. The van der Waals surface area contributed by atoms with Crippen LogP contribution >= 0.6 is 11.6 Å². The Hall–Kier alpha value is -2.87. The van der Waals surface area contributed by atoms with Crippen LogP contribution in [0.2, 0.25) is 5.02 Å². The third-order valence-corrected chi connectivity index (χ3v) is 6.06. The lowest BCUT2D eigenvalue weighted by Gasteiger charge is -2.19. The highest BCUT2D eigenvalue weighted by molar-refractivity contribution is 6.32. The van der Waals surface area contributed by atoms with E-state index in [0.29, 0.717) is 41.5 Å². The van der Waals surface area contributed by atoms with Gasteiger partial charge in [-0.1, -0.05) is 35.9 Å². The number of hydrogen-bond acceptors (Lipinski definition) is 5. The summed E-state index contributed by atoms with van der Waals surface area (Å²) in [6.07, 6.45) is 2.91. The highest BCUT2D eigenvalue weighted by Gasteiger charge is 2.23. The minimum atomic E-state index is -1.03. The molecule has 8 heteroatoms. The summed E-state index contributed by atoms with van der Waals surface area (Å²) in [6, 6.07) is 12.7. The molecule has 0 aliphatic heterocycles. The quantitative estimate of drug-likeness (QED) is 0.336. The van der Waals surface area contributed by atoms with E-state index in [2.05, 4.69) is 10.3 Å². The van der Waals surface area contributed by atoms with Gasteiger partial charge in [0.1, 0.15) is 17.2 Å². The number of aryl methyl sites for hydroxylation is 1. The molecule has 0 fully saturated rings. The SMILES string of the molecule is CCn1cc(-c2ccc(C[C@@H](CCO)NC(=O)c3ccc(OC(C)C)c(Cl)c3)cc2)nc1C(C)(C)O. The molecule has 0 saturated carbocycles. The number of aliphatic hydroxyl groups is 2. The van der Waals surface area contributed by atoms with Crippen molar-refractivity contribution in [2.24, 2.45) is 0 Å². The topological polar surface area (TPSA) is 96.6 Å². The normalized spacial score (nSPS) is 12.6. The lowest BCUT2D eigenvalue weighted by atomic mass is 10.0. The zero-order valence-corrected chi connectivity index (χ0v) is 22.3. The summed E-state index contributed by atoms with van der Waals surface area (Å²) in [5.41, 5.74) is 2.16. The number of rotatable bonds is 11. The van der Waals surface area contributed by atoms with Gasteiger partial charge in [0.2, 0.25) is 0 Å². The monoisotopic (exact) mass is 513 g/mol. The first-order chi connectivity index (χ1) is 17.0. The first-order valence-corrected chi connectivity index (χ1v) is 12.7. The van der Waals surface area contributed by atoms with Crippen LogP contribution in [0.4, 0.5) is 0 Å². The number of hydrogen-bond donors (Lipinski definition) is 3. The second-order valence-corrected chi connectivity index (χ2v) is 10.1. The number of imidazole rings is 1. The van der Waals surface area contributed by atoms with Gasteiger partial charge in [-0.25, -0.2) is 4.98 Å². The average Bonchev–Trinajstić information content (AvgIpc) is 3.26. The van der Waals surface area contributed by atoms with E-state index in [1.165, 1.54) is 0 Å². The molecule has 3 aromatic rings. The van der Waals surface area contributed by atoms with Gasteiger partial charge in [-0.2, -0.15) is 0 Å². The number of benzene rings is 2. The number of nitrogens with one attached hydrogen (secondary N) is 1. The fraction of sp³-hybridized carbons (Fsp3) is 0.429. The molecule has 0 aliphatic carbocycles. The molecule has 0 spiro atoms. The number of carbonyl (C=O) groups is 1. The Labute approximate surface area is 218 Å². The Kier molecular flexibility index (Phi) is 9.17. The first kappa shape index (κ1) is 27.7. The summed E-state index contributed by atoms with van der Waals surface area (Å²) in [7, 11) is 0. The van der Waals surface area contributed by atoms with E-state index in [0.717, 1.165) is 16.8 Å². The standard InChI is InChI=1S/C28H36ClN3O4/c1-6-32-17-24(31-27(32)28(4,5)35)20-9-7-19(8-10-20)15-22(13-14-33)30-26(34)21-11-12-25(23(29)16-21)36-18(2)3/h7-12,16-18,22,33,35H,6,13-15H2,1-5H3,(H,30,34)/t22-/m1/s1. The summed E-state index contributed by atoms with van der Waals surface area (Å²) >= 11 is 6.29. The number of halogens is 1. The van der Waals surface area contributed by atoms with Gasteiger partial charge in [-0.3, -0.25) is 4.79 Å². The van der Waals surface area contributed by atoms with Crippen molar-refractivity contribution in [1.82, 2.24) is 14.9 Å². The van der Waals surface area contributed by atoms with Gasteiger partial charge in [-0.15, -0.1) is 0 Å². The molecule has 2 aromatic carbocycles. The van der Waals surface area contributed by atoms with Crippen LogP contribution in [0.25, 0.3) is 11.3 Å². The van der Waals surface area contributed by atoms with Crippen molar-refractivity contribution in [2.75, 3.05) is 6.61 Å². The molecule has 36 heavy (non-hydrogen) atoms. The third kappa shape index (κ3) is 7.09. The number of carbonyl (C=O) groups excluding carboxylic acids is 1. The Morgan fingerprint density at radius 3 is 2.42 bits per heavy atom. The molecule has 0 aliphatic rings. The van der Waals surface area contributed by atoms with Crippen molar-refractivity contribution in [3.63, 3.8) is 0 Å². The largest absolute Gasteiger partial charge is 0.489 e. The van der Waals surface area contributed by atoms with Crippen molar-refractivity contribution in [2.45, 2.75) is 71.8 Å². The van der Waals surface area contributed by atoms with Gasteiger partial charge < -0.3 is 24.8 Å². The first-order valence-electron chi connectivity index (χ1n) is 12.3. The maximum Gasteiger partial charge on any atom is 0.251 e. The molecule has 1 heterocycles. The fourth-order valence-electron chi connectivity index (χ4n) is 4.02. The molecular formula is C28H36ClN3O4. The van der Waals surface area contributed by atoms with E-state index in [4.69, 9.17) is 16.3 Å². The summed E-state index contributed by atoms with van der Waals surface area (Å²) in [5.74, 6) is 0.902. The van der Waals surface area contributed by atoms with Crippen molar-refractivity contribution in [3.8, 4) is 17.0 Å². The van der Waals surface area contributed by atoms with Gasteiger partial charge in [0.25, 0.3) is 5.91 Å². The van der Waals surface area contributed by atoms with E-state index in [-0.39, 0.29) is 24.7 Å². The fourth-order valence-corrected chi connectivity index (χ4v) is 4.25. The molecule has 0 bridgehead atoms. The zero-order chi connectivity index (χ0) is 26.5. The van der Waals surface area contributed by atoms with Crippen molar-refractivity contribution < 1.29 is 19.7 Å². The number of ether oxygens (including phenoxy) is 1. The molecule has 1 amide bonds. The summed E-state index contributed by atoms with van der Waals surface area (Å²) in [5, 5.41) is 23.4. The smallest absolute Gasteiger partial charge is 0.251 e. The summed E-state index contributed by atoms with van der Waals surface area (Å²) < 4.78 is 7.58. The second kappa shape index (κ2) is 11.9. The molecule has 0 saturated heterocycles. The van der Waals surface area contributed by atoms with Gasteiger partial charge >= 0.3 is 0 Å². The van der Waals surface area contributed by atoms with E-state index in [1.54, 1.807) is 32.0 Å². The van der Waals surface area contributed by atoms with E-state index in [9.17, 15) is 15.0 Å². The minimum absolute atomic E-state index is 0.0200. The average molecular weight is 514 g/mol. The maximum absolute atomic E-state index is 12.9. The Morgan fingerprint density at radius 1 is 1.19 bits per heavy atom. The molecular weight excluding hydrogens is 478 g/mol. The van der Waals surface area contributed by atoms with Gasteiger partial charge in [-0.05, 0) is 71.2 Å². The lowest BCUT2D eigenvalue weighted by molar-refractivity contribution is 0.0649. The maximum atomic E-state index is 12.9. The van der Waals surface area contributed by atoms with Crippen LogP contribution in [-0.2, 0) is 18.6 Å². The van der Waals surface area contributed by atoms with Crippen LogP contribution in [0.5, 0.6) is 5.75 Å². The summed E-state index contributed by atoms with van der Waals surface area (Å²) in [4.78, 5) is 17.5. The van der Waals surface area contributed by atoms with E-state index in [1.807, 2.05) is 55.8 Å². The van der Waals surface area contributed by atoms with Crippen LogP contribution in [0, 0.1) is 0 Å². The van der Waals surface area contributed by atoms with Crippen LogP contribution in [0.1, 0.15) is 62.8 Å². The number of nitrogens with zero attached hydrogens (tertiary/aromatic N) is 2. The molecule has 3 N–H and O–H groups in total. The van der Waals surface area contributed by atoms with Crippen molar-refractivity contribution in [1.29, 1.82) is 0 Å². The molecule has 0 radical (unpaired) electrons. The number of amides is 1. The molecule has 3 rings (SSSR count). The second-order valence-electron chi connectivity index (χ2n) is 9.69. The zero-order valence-electron chi connectivity index (χ0n) is 21.6. The van der Waals surface area contributed by atoms with Crippen LogP contribution in [-0.4, -0.2) is 44.4 Å². The molecule has 0 unspecified atom stereocenters. The lowest BCUT2D eigenvalue weighted by Crippen LogP contribution is -2.37. The Morgan fingerprint density at radius 2 is 1.89 bits per heavy atom. The molecule has 1 atom stereocenters. The molecule has 7 nitrogen and oxygen atoms in total. The van der Waals surface area contributed by atoms with Crippen LogP contribution in [0.15, 0.2) is 48.7 Å². The Balaban J connectivity index is 1.71. The van der Waals surface area contributed by atoms with Crippen LogP contribution in [0.3, 0.4) is 0 Å². The predicted molar refractivity (Wildman–Crippen MR) is 142 cm³/mol. The third-order valence-electron chi connectivity index (χ3n) is 5.77. The van der Waals surface area contributed by atoms with Crippen molar-refractivity contribution >= 4 is 17.5 Å². The van der Waals surface area contributed by atoms with Crippen LogP contribution < -0.4 is 10.1 Å². The van der Waals surface area contributed by atoms with Crippen molar-refractivity contribution in [3.05, 3.63) is 70.6 Å². The minimum Gasteiger partial charge on any atom is -0.489 e. The number of aliphatic hydroxyl groups excluding tert-OH is 1. The summed E-state index contributed by atoms with van der Waals surface area (Å²) in [6.45, 7) is 9.96. The van der Waals surface area contributed by atoms with Gasteiger partial charge in [0.15, 0.2) is 0 Å². The van der Waals surface area contributed by atoms with E-state index < -0.39 is 5.60 Å². The van der Waals surface area contributed by atoms with Gasteiger partial charge in [0, 0.05) is 36.5 Å². The molecule has 194 valence electrons. The number of aromatic nitrogens is 2. The predicted octanol–water partition coefficient (Wildman–Crippen LogP) is 4.96.